The fourth-order valence-corrected chi connectivity index (χ4v) is 4.58. The van der Waals surface area contributed by atoms with E-state index in [0.717, 1.165) is 51.1 Å². The summed E-state index contributed by atoms with van der Waals surface area (Å²) < 4.78 is 0. The van der Waals surface area contributed by atoms with Crippen molar-refractivity contribution >= 4 is 6.03 Å². The van der Waals surface area contributed by atoms with Crippen LogP contribution in [0.2, 0.25) is 0 Å². The van der Waals surface area contributed by atoms with E-state index in [9.17, 15) is 9.90 Å². The molecule has 2 saturated carbocycles. The SMILES string of the molecule is O=C(NC1CCC(CO)CC1)NC1CCN(CC2CCCC2)C1. The van der Waals surface area contributed by atoms with Gasteiger partial charge in [0.2, 0.25) is 0 Å². The molecular weight excluding hydrogens is 290 g/mol. The first-order chi connectivity index (χ1) is 11.2. The average molecular weight is 323 g/mol. The molecule has 0 spiro atoms. The molecule has 0 bridgehead atoms. The number of aliphatic hydroxyl groups is 1. The lowest BCUT2D eigenvalue weighted by Crippen LogP contribution is -2.48. The highest BCUT2D eigenvalue weighted by Crippen LogP contribution is 2.27. The van der Waals surface area contributed by atoms with Crippen LogP contribution in [0.15, 0.2) is 0 Å². The third kappa shape index (κ3) is 5.08. The molecule has 3 aliphatic rings. The summed E-state index contributed by atoms with van der Waals surface area (Å²) in [7, 11) is 0. The van der Waals surface area contributed by atoms with Crippen LogP contribution < -0.4 is 10.6 Å². The average Bonchev–Trinajstić information content (AvgIpc) is 3.21. The number of hydrogen-bond acceptors (Lipinski definition) is 3. The number of likely N-dealkylation sites (tertiary alicyclic amines) is 1. The van der Waals surface area contributed by atoms with E-state index in [0.29, 0.717) is 12.0 Å². The first kappa shape index (κ1) is 17.0. The first-order valence-corrected chi connectivity index (χ1v) is 9.63. The highest BCUT2D eigenvalue weighted by Gasteiger charge is 2.28. The molecule has 2 amide bonds. The molecule has 3 rings (SSSR count). The zero-order chi connectivity index (χ0) is 16.1. The summed E-state index contributed by atoms with van der Waals surface area (Å²) in [6.45, 7) is 3.66. The number of carbonyl (C=O) groups is 1. The smallest absolute Gasteiger partial charge is 0.315 e. The summed E-state index contributed by atoms with van der Waals surface area (Å²) in [5.74, 6) is 1.33. The molecule has 5 nitrogen and oxygen atoms in total. The fourth-order valence-electron chi connectivity index (χ4n) is 4.58. The molecule has 1 heterocycles. The van der Waals surface area contributed by atoms with Gasteiger partial charge in [-0.25, -0.2) is 4.79 Å². The van der Waals surface area contributed by atoms with Crippen LogP contribution in [0.4, 0.5) is 4.79 Å². The largest absolute Gasteiger partial charge is 0.396 e. The van der Waals surface area contributed by atoms with Crippen molar-refractivity contribution in [3.8, 4) is 0 Å². The third-order valence-corrected chi connectivity index (χ3v) is 6.04. The van der Waals surface area contributed by atoms with Gasteiger partial charge in [0.15, 0.2) is 0 Å². The number of carbonyl (C=O) groups excluding carboxylic acids is 1. The number of urea groups is 1. The Balaban J connectivity index is 1.32. The van der Waals surface area contributed by atoms with Gasteiger partial charge in [0, 0.05) is 38.3 Å². The van der Waals surface area contributed by atoms with E-state index in [2.05, 4.69) is 15.5 Å². The van der Waals surface area contributed by atoms with Gasteiger partial charge in [0.05, 0.1) is 0 Å². The third-order valence-electron chi connectivity index (χ3n) is 6.04. The molecular formula is C18H33N3O2. The predicted octanol–water partition coefficient (Wildman–Crippen LogP) is 2.10. The van der Waals surface area contributed by atoms with Crippen molar-refractivity contribution in [2.45, 2.75) is 69.9 Å². The Labute approximate surface area is 140 Å². The van der Waals surface area contributed by atoms with Crippen LogP contribution in [0, 0.1) is 11.8 Å². The highest BCUT2D eigenvalue weighted by molar-refractivity contribution is 5.74. The molecule has 1 unspecified atom stereocenters. The minimum absolute atomic E-state index is 0.00478. The van der Waals surface area contributed by atoms with E-state index in [-0.39, 0.29) is 18.7 Å². The summed E-state index contributed by atoms with van der Waals surface area (Å²) >= 11 is 0. The Hall–Kier alpha value is -0.810. The standard InChI is InChI=1S/C18H33N3O2/c22-13-15-5-7-16(8-6-15)19-18(23)20-17-9-10-21(12-17)11-14-3-1-2-4-14/h14-17,22H,1-13H2,(H2,19,20,23). The molecule has 1 atom stereocenters. The number of rotatable bonds is 5. The van der Waals surface area contributed by atoms with Crippen LogP contribution in [0.1, 0.15) is 57.8 Å². The molecule has 5 heteroatoms. The molecule has 0 aromatic heterocycles. The van der Waals surface area contributed by atoms with Gasteiger partial charge in [-0.2, -0.15) is 0 Å². The van der Waals surface area contributed by atoms with Crippen molar-refractivity contribution in [3.63, 3.8) is 0 Å². The van der Waals surface area contributed by atoms with E-state index >= 15 is 0 Å². The van der Waals surface area contributed by atoms with Gasteiger partial charge in [0.25, 0.3) is 0 Å². The second kappa shape index (κ2) is 8.34. The summed E-state index contributed by atoms with van der Waals surface area (Å²) in [5.41, 5.74) is 0. The fraction of sp³-hybridized carbons (Fsp3) is 0.944. The van der Waals surface area contributed by atoms with Gasteiger partial charge in [-0.15, -0.1) is 0 Å². The number of aliphatic hydroxyl groups excluding tert-OH is 1. The van der Waals surface area contributed by atoms with Gasteiger partial charge >= 0.3 is 6.03 Å². The molecule has 23 heavy (non-hydrogen) atoms. The van der Waals surface area contributed by atoms with Crippen molar-refractivity contribution in [1.29, 1.82) is 0 Å². The topological polar surface area (TPSA) is 64.6 Å². The van der Waals surface area contributed by atoms with Crippen LogP contribution in [-0.2, 0) is 0 Å². The molecule has 0 aromatic rings. The minimum Gasteiger partial charge on any atom is -0.396 e. The van der Waals surface area contributed by atoms with Crippen LogP contribution in [0.25, 0.3) is 0 Å². The van der Waals surface area contributed by atoms with Crippen molar-refractivity contribution in [2.24, 2.45) is 11.8 Å². The van der Waals surface area contributed by atoms with E-state index < -0.39 is 0 Å². The molecule has 2 aliphatic carbocycles. The molecule has 0 aromatic carbocycles. The minimum atomic E-state index is 0.00478. The number of hydrogen-bond donors (Lipinski definition) is 3. The molecule has 3 fully saturated rings. The Morgan fingerprint density at radius 1 is 0.913 bits per heavy atom. The lowest BCUT2D eigenvalue weighted by Gasteiger charge is -2.28. The van der Waals surface area contributed by atoms with Crippen molar-refractivity contribution in [1.82, 2.24) is 15.5 Å². The second-order valence-electron chi connectivity index (χ2n) is 7.91. The van der Waals surface area contributed by atoms with Crippen LogP contribution in [-0.4, -0.2) is 54.4 Å². The summed E-state index contributed by atoms with van der Waals surface area (Å²) in [6.07, 6.45) is 10.7. The monoisotopic (exact) mass is 323 g/mol. The molecule has 3 N–H and O–H groups in total. The summed E-state index contributed by atoms with van der Waals surface area (Å²) in [4.78, 5) is 14.7. The Kier molecular flexibility index (Phi) is 6.17. The van der Waals surface area contributed by atoms with Gasteiger partial charge in [-0.1, -0.05) is 12.8 Å². The summed E-state index contributed by atoms with van der Waals surface area (Å²) in [5, 5.41) is 15.5. The van der Waals surface area contributed by atoms with Crippen molar-refractivity contribution < 1.29 is 9.90 Å². The normalized spacial score (nSPS) is 33.0. The molecule has 132 valence electrons. The van der Waals surface area contributed by atoms with E-state index in [1.807, 2.05) is 0 Å². The maximum Gasteiger partial charge on any atom is 0.315 e. The van der Waals surface area contributed by atoms with E-state index in [4.69, 9.17) is 0 Å². The van der Waals surface area contributed by atoms with E-state index in [1.165, 1.54) is 32.2 Å². The quantitative estimate of drug-likeness (QED) is 0.726. The molecule has 1 aliphatic heterocycles. The number of amides is 2. The zero-order valence-electron chi connectivity index (χ0n) is 14.3. The van der Waals surface area contributed by atoms with Crippen LogP contribution in [0.3, 0.4) is 0 Å². The van der Waals surface area contributed by atoms with Gasteiger partial charge < -0.3 is 20.6 Å². The lowest BCUT2D eigenvalue weighted by atomic mass is 9.87. The zero-order valence-corrected chi connectivity index (χ0v) is 14.3. The van der Waals surface area contributed by atoms with E-state index in [1.54, 1.807) is 0 Å². The Bertz CT molecular complexity index is 376. The predicted molar refractivity (Wildman–Crippen MR) is 91.3 cm³/mol. The van der Waals surface area contributed by atoms with Gasteiger partial charge in [0.1, 0.15) is 0 Å². The maximum atomic E-state index is 12.2. The van der Waals surface area contributed by atoms with Gasteiger partial charge in [-0.05, 0) is 56.8 Å². The van der Waals surface area contributed by atoms with Crippen LogP contribution in [0.5, 0.6) is 0 Å². The second-order valence-corrected chi connectivity index (χ2v) is 7.91. The molecule has 0 radical (unpaired) electrons. The number of nitrogens with one attached hydrogen (secondary N) is 2. The first-order valence-electron chi connectivity index (χ1n) is 9.63. The lowest BCUT2D eigenvalue weighted by molar-refractivity contribution is 0.174. The summed E-state index contributed by atoms with van der Waals surface area (Å²) in [6, 6.07) is 0.601. The molecule has 1 saturated heterocycles. The number of nitrogens with zero attached hydrogens (tertiary/aromatic N) is 1. The Morgan fingerprint density at radius 2 is 1.61 bits per heavy atom. The Morgan fingerprint density at radius 3 is 2.30 bits per heavy atom. The van der Waals surface area contributed by atoms with Gasteiger partial charge in [-0.3, -0.25) is 0 Å². The maximum absolute atomic E-state index is 12.2. The van der Waals surface area contributed by atoms with Crippen molar-refractivity contribution in [3.05, 3.63) is 0 Å². The highest BCUT2D eigenvalue weighted by atomic mass is 16.3. The van der Waals surface area contributed by atoms with Crippen LogP contribution >= 0.6 is 0 Å². The van der Waals surface area contributed by atoms with Crippen molar-refractivity contribution in [2.75, 3.05) is 26.2 Å².